The van der Waals surface area contributed by atoms with Crippen LogP contribution in [0.25, 0.3) is 0 Å². The number of furan rings is 1. The lowest BCUT2D eigenvalue weighted by Crippen LogP contribution is -2.33. The molecule has 1 aliphatic heterocycles. The number of hydrogen-bond donors (Lipinski definition) is 1. The second-order valence-electron chi connectivity index (χ2n) is 6.69. The molecule has 0 bridgehead atoms. The molecule has 1 aromatic rings. The lowest BCUT2D eigenvalue weighted by molar-refractivity contribution is 0.0746. The molecule has 1 saturated carbocycles. The van der Waals surface area contributed by atoms with Gasteiger partial charge in [0, 0.05) is 39.3 Å². The van der Waals surface area contributed by atoms with E-state index in [1.807, 2.05) is 0 Å². The number of carbonyl (C=O) groups excluding carboxylic acids is 1. The molecule has 0 aromatic carbocycles. The molecule has 3 rings (SSSR count). The van der Waals surface area contributed by atoms with Crippen LogP contribution in [0.3, 0.4) is 0 Å². The first kappa shape index (κ1) is 16.5. The highest BCUT2D eigenvalue weighted by Crippen LogP contribution is 2.38. The highest BCUT2D eigenvalue weighted by molar-refractivity contribution is 7.89. The third-order valence-corrected chi connectivity index (χ3v) is 6.96. The maximum absolute atomic E-state index is 12.6. The Morgan fingerprint density at radius 3 is 2.65 bits per heavy atom. The lowest BCUT2D eigenvalue weighted by atomic mass is 9.98. The summed E-state index contributed by atoms with van der Waals surface area (Å²) in [6.45, 7) is 2.86. The van der Waals surface area contributed by atoms with Crippen molar-refractivity contribution in [2.45, 2.75) is 30.7 Å². The molecule has 2 aliphatic rings. The zero-order valence-electron chi connectivity index (χ0n) is 13.7. The van der Waals surface area contributed by atoms with Gasteiger partial charge in [0.05, 0.1) is 0 Å². The number of rotatable bonds is 3. The number of fused-ring (bicyclic) bond motifs is 1. The average Bonchev–Trinajstić information content (AvgIpc) is 3.14. The zero-order chi connectivity index (χ0) is 16.9. The van der Waals surface area contributed by atoms with Crippen molar-refractivity contribution in [2.75, 3.05) is 27.2 Å². The maximum atomic E-state index is 12.6. The largest absolute Gasteiger partial charge is 0.455 e. The number of nitrogens with zero attached hydrogens (tertiary/aromatic N) is 2. The number of aryl methyl sites for hydroxylation is 1. The minimum atomic E-state index is -3.62. The Hall–Kier alpha value is -1.38. The predicted molar refractivity (Wildman–Crippen MR) is 84.4 cm³/mol. The van der Waals surface area contributed by atoms with E-state index in [0.29, 0.717) is 24.9 Å². The van der Waals surface area contributed by atoms with Gasteiger partial charge in [-0.15, -0.1) is 0 Å². The summed E-state index contributed by atoms with van der Waals surface area (Å²) in [6, 6.07) is 1.49. The van der Waals surface area contributed by atoms with Gasteiger partial charge in [0.25, 0.3) is 5.91 Å². The molecular formula is C15H23N3O4S. The van der Waals surface area contributed by atoms with E-state index < -0.39 is 10.0 Å². The monoisotopic (exact) mass is 341 g/mol. The normalized spacial score (nSPS) is 27.7. The molecule has 0 spiro atoms. The van der Waals surface area contributed by atoms with Crippen molar-refractivity contribution in [3.05, 3.63) is 17.6 Å². The third-order valence-electron chi connectivity index (χ3n) is 5.04. The van der Waals surface area contributed by atoms with Crippen molar-refractivity contribution in [3.8, 4) is 0 Å². The van der Waals surface area contributed by atoms with Crippen molar-refractivity contribution < 1.29 is 17.6 Å². The van der Waals surface area contributed by atoms with Gasteiger partial charge >= 0.3 is 0 Å². The fourth-order valence-corrected chi connectivity index (χ4v) is 4.71. The van der Waals surface area contributed by atoms with Crippen LogP contribution in [0, 0.1) is 18.8 Å². The van der Waals surface area contributed by atoms with Gasteiger partial charge in [0.2, 0.25) is 10.0 Å². The molecule has 2 N–H and O–H groups in total. The first-order valence-electron chi connectivity index (χ1n) is 7.79. The summed E-state index contributed by atoms with van der Waals surface area (Å²) in [7, 11) is -0.717. The maximum Gasteiger partial charge on any atom is 0.289 e. The molecule has 3 atom stereocenters. The number of hydrogen-bond acceptors (Lipinski definition) is 5. The molecule has 1 saturated heterocycles. The molecule has 3 unspecified atom stereocenters. The molecule has 0 radical (unpaired) electrons. The van der Waals surface area contributed by atoms with Gasteiger partial charge in [-0.05, 0) is 31.6 Å². The number of carbonyl (C=O) groups is 1. The Morgan fingerprint density at radius 2 is 2.04 bits per heavy atom. The highest BCUT2D eigenvalue weighted by atomic mass is 32.2. The van der Waals surface area contributed by atoms with Crippen LogP contribution < -0.4 is 5.73 Å². The van der Waals surface area contributed by atoms with Crippen LogP contribution in [0.2, 0.25) is 0 Å². The molecule has 8 heteroatoms. The minimum absolute atomic E-state index is 0.0435. The van der Waals surface area contributed by atoms with Crippen LogP contribution in [-0.4, -0.2) is 56.8 Å². The van der Waals surface area contributed by atoms with E-state index in [0.717, 1.165) is 17.1 Å². The quantitative estimate of drug-likeness (QED) is 0.870. The molecule has 1 amide bonds. The standard InChI is InChI=1S/C15H23N3O4S/c1-9-14(23(20,21)17(2)3)6-13(22-9)15(19)18-7-10-4-5-12(16)11(10)8-18/h6,10-12H,4-5,7-8,16H2,1-3H3. The van der Waals surface area contributed by atoms with Crippen LogP contribution in [0.15, 0.2) is 15.4 Å². The summed E-state index contributed by atoms with van der Waals surface area (Å²) in [5.41, 5.74) is 6.09. The third kappa shape index (κ3) is 2.68. The smallest absolute Gasteiger partial charge is 0.289 e. The minimum Gasteiger partial charge on any atom is -0.455 e. The summed E-state index contributed by atoms with van der Waals surface area (Å²) >= 11 is 0. The van der Waals surface area contributed by atoms with Crippen molar-refractivity contribution >= 4 is 15.9 Å². The van der Waals surface area contributed by atoms with Crippen LogP contribution in [0.1, 0.15) is 29.2 Å². The Balaban J connectivity index is 1.82. The van der Waals surface area contributed by atoms with Crippen LogP contribution in [-0.2, 0) is 10.0 Å². The molecular weight excluding hydrogens is 318 g/mol. The fourth-order valence-electron chi connectivity index (χ4n) is 3.65. The zero-order valence-corrected chi connectivity index (χ0v) is 14.5. The van der Waals surface area contributed by atoms with Gasteiger partial charge in [-0.1, -0.05) is 0 Å². The lowest BCUT2D eigenvalue weighted by Gasteiger charge is -2.17. The second-order valence-corrected chi connectivity index (χ2v) is 8.81. The van der Waals surface area contributed by atoms with E-state index in [1.165, 1.54) is 20.2 Å². The van der Waals surface area contributed by atoms with Crippen molar-refractivity contribution in [1.29, 1.82) is 0 Å². The summed E-state index contributed by atoms with van der Waals surface area (Å²) in [5, 5.41) is 0. The molecule has 1 aliphatic carbocycles. The van der Waals surface area contributed by atoms with E-state index in [9.17, 15) is 13.2 Å². The number of likely N-dealkylation sites (tertiary alicyclic amines) is 1. The number of amides is 1. The Kier molecular flexibility index (Phi) is 4.02. The summed E-state index contributed by atoms with van der Waals surface area (Å²) in [6.07, 6.45) is 2.06. The van der Waals surface area contributed by atoms with Gasteiger partial charge in [0.1, 0.15) is 10.7 Å². The Labute approximate surface area is 136 Å². The Morgan fingerprint density at radius 1 is 1.35 bits per heavy atom. The van der Waals surface area contributed by atoms with Crippen LogP contribution >= 0.6 is 0 Å². The number of sulfonamides is 1. The van der Waals surface area contributed by atoms with Crippen molar-refractivity contribution in [3.63, 3.8) is 0 Å². The van der Waals surface area contributed by atoms with Crippen LogP contribution in [0.5, 0.6) is 0 Å². The van der Waals surface area contributed by atoms with E-state index >= 15 is 0 Å². The van der Waals surface area contributed by atoms with E-state index in [1.54, 1.807) is 11.8 Å². The Bertz CT molecular complexity index is 725. The highest BCUT2D eigenvalue weighted by Gasteiger charge is 2.43. The second kappa shape index (κ2) is 5.61. The molecule has 2 fully saturated rings. The predicted octanol–water partition coefficient (Wildman–Crippen LogP) is 0.648. The van der Waals surface area contributed by atoms with Crippen LogP contribution in [0.4, 0.5) is 0 Å². The first-order valence-corrected chi connectivity index (χ1v) is 9.23. The van der Waals surface area contributed by atoms with Gasteiger partial charge < -0.3 is 15.1 Å². The van der Waals surface area contributed by atoms with Gasteiger partial charge in [0.15, 0.2) is 5.76 Å². The summed E-state index contributed by atoms with van der Waals surface area (Å²) < 4.78 is 31.0. The van der Waals surface area contributed by atoms with E-state index in [4.69, 9.17) is 10.2 Å². The molecule has 7 nitrogen and oxygen atoms in total. The van der Waals surface area contributed by atoms with Gasteiger partial charge in [-0.2, -0.15) is 0 Å². The van der Waals surface area contributed by atoms with Crippen molar-refractivity contribution in [2.24, 2.45) is 17.6 Å². The van der Waals surface area contributed by atoms with Crippen molar-refractivity contribution in [1.82, 2.24) is 9.21 Å². The fraction of sp³-hybridized carbons (Fsp3) is 0.667. The van der Waals surface area contributed by atoms with Gasteiger partial charge in [-0.3, -0.25) is 4.79 Å². The SMILES string of the molecule is Cc1oc(C(=O)N2CC3CCC(N)C3C2)cc1S(=O)(=O)N(C)C. The topological polar surface area (TPSA) is 96.8 Å². The summed E-state index contributed by atoms with van der Waals surface area (Å²) in [4.78, 5) is 14.4. The molecule has 128 valence electrons. The molecule has 1 aromatic heterocycles. The molecule has 2 heterocycles. The average molecular weight is 341 g/mol. The molecule has 23 heavy (non-hydrogen) atoms. The number of nitrogens with two attached hydrogens (primary N) is 1. The van der Waals surface area contributed by atoms with Gasteiger partial charge in [-0.25, -0.2) is 12.7 Å². The summed E-state index contributed by atoms with van der Waals surface area (Å²) in [5.74, 6) is 0.861. The van der Waals surface area contributed by atoms with E-state index in [-0.39, 0.29) is 28.4 Å². The van der Waals surface area contributed by atoms with E-state index in [2.05, 4.69) is 0 Å². The first-order chi connectivity index (χ1) is 10.7.